The minimum absolute atomic E-state index is 0. The van der Waals surface area contributed by atoms with Crippen molar-refractivity contribution in [3.63, 3.8) is 0 Å². The van der Waals surface area contributed by atoms with Crippen molar-refractivity contribution in [1.82, 2.24) is 0 Å². The van der Waals surface area contributed by atoms with Gasteiger partial charge >= 0.3 is 0 Å². The second-order valence-corrected chi connectivity index (χ2v) is 7.55. The van der Waals surface area contributed by atoms with Gasteiger partial charge in [0.15, 0.2) is 0 Å². The van der Waals surface area contributed by atoms with Crippen LogP contribution in [0.4, 0.5) is 0 Å². The molecule has 1 radical (unpaired) electrons. The van der Waals surface area contributed by atoms with E-state index in [9.17, 15) is 0 Å². The van der Waals surface area contributed by atoms with Crippen molar-refractivity contribution in [2.75, 3.05) is 0 Å². The summed E-state index contributed by atoms with van der Waals surface area (Å²) >= 11 is 0. The molecule has 2 rings (SSSR count). The van der Waals surface area contributed by atoms with Crippen LogP contribution in [0.1, 0.15) is 69.2 Å². The Morgan fingerprint density at radius 1 is 0.500 bits per heavy atom. The zero-order chi connectivity index (χ0) is 16.3. The Morgan fingerprint density at radius 3 is 0.864 bits per heavy atom. The second kappa shape index (κ2) is 6.05. The van der Waals surface area contributed by atoms with Gasteiger partial charge in [-0.15, -0.1) is 0 Å². The predicted octanol–water partition coefficient (Wildman–Crippen LogP) is 6.57. The molecule has 0 aromatic carbocycles. The van der Waals surface area contributed by atoms with Crippen LogP contribution in [0.15, 0.2) is 44.6 Å². The van der Waals surface area contributed by atoms with Crippen LogP contribution in [0.25, 0.3) is 0 Å². The molecule has 0 bridgehead atoms. The standard InChI is InChI=1S/C21H31.Zr/c1-12-13(2)17(6)20(9,16(12)5)11-21(10)18(7)14(3)15(4)19(21)8;/h11H,1-10H3;. The maximum atomic E-state index is 2.61. The van der Waals surface area contributed by atoms with Gasteiger partial charge in [-0.25, -0.2) is 0 Å². The maximum absolute atomic E-state index is 2.61. The van der Waals surface area contributed by atoms with E-state index in [0.717, 1.165) is 0 Å². The zero-order valence-corrected chi connectivity index (χ0v) is 18.5. The van der Waals surface area contributed by atoms with Gasteiger partial charge in [0.05, 0.1) is 0 Å². The predicted molar refractivity (Wildman–Crippen MR) is 94.0 cm³/mol. The molecule has 0 amide bonds. The Bertz CT molecular complexity index is 531. The third-order valence-corrected chi connectivity index (χ3v) is 7.07. The topological polar surface area (TPSA) is 0 Å². The van der Waals surface area contributed by atoms with Crippen LogP contribution in [-0.4, -0.2) is 0 Å². The smallest absolute Gasteiger partial charge is 0.0141 e. The molecule has 0 spiro atoms. The molecule has 0 atom stereocenters. The number of allylic oxidation sites excluding steroid dienone is 8. The van der Waals surface area contributed by atoms with Crippen LogP contribution in [0.5, 0.6) is 0 Å². The van der Waals surface area contributed by atoms with Crippen molar-refractivity contribution in [1.29, 1.82) is 0 Å². The summed E-state index contributed by atoms with van der Waals surface area (Å²) in [6.45, 7) is 23.1. The van der Waals surface area contributed by atoms with Crippen LogP contribution in [-0.2, 0) is 26.2 Å². The quantitative estimate of drug-likeness (QED) is 0.512. The van der Waals surface area contributed by atoms with Crippen LogP contribution in [0.2, 0.25) is 0 Å². The molecule has 0 aromatic rings. The summed E-state index contributed by atoms with van der Waals surface area (Å²) in [6, 6.07) is 0. The molecular formula is C21H31Zr. The fourth-order valence-corrected chi connectivity index (χ4v) is 4.26. The van der Waals surface area contributed by atoms with Crippen molar-refractivity contribution >= 4 is 0 Å². The van der Waals surface area contributed by atoms with E-state index >= 15 is 0 Å². The van der Waals surface area contributed by atoms with Crippen LogP contribution >= 0.6 is 0 Å². The van der Waals surface area contributed by atoms with Crippen LogP contribution < -0.4 is 0 Å². The van der Waals surface area contributed by atoms with Crippen molar-refractivity contribution < 1.29 is 26.2 Å². The van der Waals surface area contributed by atoms with E-state index in [1.807, 2.05) is 0 Å². The molecule has 1 heteroatoms. The summed E-state index contributed by atoms with van der Waals surface area (Å²) < 4.78 is 0. The number of hydrogen-bond acceptors (Lipinski definition) is 0. The summed E-state index contributed by atoms with van der Waals surface area (Å²) in [4.78, 5) is 0. The van der Waals surface area contributed by atoms with Gasteiger partial charge in [0.2, 0.25) is 0 Å². The van der Waals surface area contributed by atoms with Gasteiger partial charge < -0.3 is 0 Å². The summed E-state index contributed by atoms with van der Waals surface area (Å²) in [5.74, 6) is 0. The van der Waals surface area contributed by atoms with E-state index in [4.69, 9.17) is 0 Å². The van der Waals surface area contributed by atoms with Gasteiger partial charge in [-0.2, -0.15) is 0 Å². The van der Waals surface area contributed by atoms with Crippen LogP contribution in [0.3, 0.4) is 0 Å². The molecule has 0 N–H and O–H groups in total. The first-order chi connectivity index (χ1) is 9.48. The Morgan fingerprint density at radius 2 is 0.682 bits per heavy atom. The fourth-order valence-electron chi connectivity index (χ4n) is 4.26. The number of rotatable bonds is 2. The van der Waals surface area contributed by atoms with Crippen molar-refractivity contribution in [3.8, 4) is 0 Å². The van der Waals surface area contributed by atoms with Crippen LogP contribution in [0, 0.1) is 17.3 Å². The van der Waals surface area contributed by atoms with Crippen molar-refractivity contribution in [2.24, 2.45) is 10.8 Å². The number of hydrogen-bond donors (Lipinski definition) is 0. The molecule has 0 unspecified atom stereocenters. The first-order valence-corrected chi connectivity index (χ1v) is 8.08. The van der Waals surface area contributed by atoms with Gasteiger partial charge in [0, 0.05) is 37.0 Å². The molecule has 2 aliphatic carbocycles. The molecule has 0 heterocycles. The minimum atomic E-state index is 0. The minimum Gasteiger partial charge on any atom is -0.0598 e. The first kappa shape index (κ1) is 19.9. The maximum Gasteiger partial charge on any atom is 0.0141 e. The summed E-state index contributed by atoms with van der Waals surface area (Å²) in [5, 5.41) is 0. The normalized spacial score (nSPS) is 23.7. The third kappa shape index (κ3) is 2.43. The Labute approximate surface area is 157 Å². The van der Waals surface area contributed by atoms with E-state index in [-0.39, 0.29) is 37.0 Å². The van der Waals surface area contributed by atoms with Gasteiger partial charge in [0.1, 0.15) is 0 Å². The summed E-state index contributed by atoms with van der Waals surface area (Å²) in [6.07, 6.45) is 2.61. The largest absolute Gasteiger partial charge is 0.0598 e. The zero-order valence-electron chi connectivity index (χ0n) is 16.1. The molecule has 0 saturated heterocycles. The molecule has 0 nitrogen and oxygen atoms in total. The van der Waals surface area contributed by atoms with E-state index < -0.39 is 0 Å². The second-order valence-electron chi connectivity index (χ2n) is 7.55. The third-order valence-electron chi connectivity index (χ3n) is 7.07. The Hall–Kier alpha value is -0.157. The molecule has 0 fully saturated rings. The molecule has 0 saturated carbocycles. The van der Waals surface area contributed by atoms with E-state index in [1.165, 1.54) is 44.6 Å². The molecular weight excluding hydrogens is 343 g/mol. The first-order valence-electron chi connectivity index (χ1n) is 8.08. The molecule has 22 heavy (non-hydrogen) atoms. The fraction of sp³-hybridized carbons (Fsp3) is 0.571. The Kier molecular flexibility index (Phi) is 5.47. The van der Waals surface area contributed by atoms with Gasteiger partial charge in [-0.05, 0) is 84.1 Å². The average molecular weight is 375 g/mol. The molecule has 0 aliphatic heterocycles. The molecule has 119 valence electrons. The van der Waals surface area contributed by atoms with Gasteiger partial charge in [0.25, 0.3) is 0 Å². The average Bonchev–Trinajstić information content (AvgIpc) is 2.67. The summed E-state index contributed by atoms with van der Waals surface area (Å²) in [7, 11) is 0. The van der Waals surface area contributed by atoms with Gasteiger partial charge in [-0.1, -0.05) is 36.1 Å². The van der Waals surface area contributed by atoms with E-state index in [0.29, 0.717) is 0 Å². The van der Waals surface area contributed by atoms with E-state index in [1.54, 1.807) is 0 Å². The van der Waals surface area contributed by atoms with Gasteiger partial charge in [-0.3, -0.25) is 0 Å². The monoisotopic (exact) mass is 373 g/mol. The molecule has 0 aromatic heterocycles. The summed E-state index contributed by atoms with van der Waals surface area (Å²) in [5.41, 5.74) is 12.1. The van der Waals surface area contributed by atoms with Crippen molar-refractivity contribution in [2.45, 2.75) is 69.2 Å². The van der Waals surface area contributed by atoms with E-state index in [2.05, 4.69) is 75.7 Å². The Balaban J connectivity index is 0.00000242. The molecule has 2 aliphatic rings. The van der Waals surface area contributed by atoms with Crippen molar-refractivity contribution in [3.05, 3.63) is 51.0 Å². The SMILES string of the molecule is CC1=C(C)C(C)([CH]C2(C)C(C)=C(C)C(C)=C2C)C(C)=C1C.[Zr].